The van der Waals surface area contributed by atoms with Gasteiger partial charge in [-0.25, -0.2) is 9.97 Å². The highest BCUT2D eigenvalue weighted by molar-refractivity contribution is 5.61. The van der Waals surface area contributed by atoms with E-state index in [0.29, 0.717) is 5.82 Å². The van der Waals surface area contributed by atoms with Crippen LogP contribution in [0.3, 0.4) is 0 Å². The summed E-state index contributed by atoms with van der Waals surface area (Å²) in [4.78, 5) is 11.3. The van der Waals surface area contributed by atoms with Gasteiger partial charge in [-0.15, -0.1) is 0 Å². The Hall–Kier alpha value is -2.14. The van der Waals surface area contributed by atoms with Crippen molar-refractivity contribution in [2.24, 2.45) is 0 Å². The van der Waals surface area contributed by atoms with Gasteiger partial charge in [0.15, 0.2) is 5.82 Å². The molecule has 0 amide bonds. The van der Waals surface area contributed by atoms with Gasteiger partial charge >= 0.3 is 0 Å². The number of anilines is 2. The maximum absolute atomic E-state index is 9.02. The number of aliphatic hydroxyl groups excluding tert-OH is 1. The Kier molecular flexibility index (Phi) is 5.51. The van der Waals surface area contributed by atoms with E-state index < -0.39 is 0 Å². The molecule has 0 fully saturated rings. The summed E-state index contributed by atoms with van der Waals surface area (Å²) >= 11 is 0. The summed E-state index contributed by atoms with van der Waals surface area (Å²) in [5.41, 5.74) is 0.995. The molecule has 0 aliphatic rings. The largest absolute Gasteiger partial charge is 0.396 e. The van der Waals surface area contributed by atoms with Crippen LogP contribution in [0, 0.1) is 0 Å². The number of hydrogen-bond donors (Lipinski definition) is 2. The fourth-order valence-corrected chi connectivity index (χ4v) is 2.14. The fraction of sp³-hybridized carbons (Fsp3) is 0.375. The molecule has 2 aromatic rings. The van der Waals surface area contributed by atoms with Crippen LogP contribution in [-0.4, -0.2) is 41.8 Å². The lowest BCUT2D eigenvalue weighted by atomic mass is 10.2. The van der Waals surface area contributed by atoms with E-state index in [1.807, 2.05) is 43.4 Å². The number of nitrogens with one attached hydrogen (secondary N) is 1. The van der Waals surface area contributed by atoms with E-state index in [9.17, 15) is 0 Å². The van der Waals surface area contributed by atoms with E-state index in [0.717, 1.165) is 36.7 Å². The Balaban J connectivity index is 2.37. The molecule has 5 heteroatoms. The molecule has 112 valence electrons. The van der Waals surface area contributed by atoms with E-state index in [2.05, 4.69) is 27.1 Å². The highest BCUT2D eigenvalue weighted by atomic mass is 16.3. The van der Waals surface area contributed by atoms with Gasteiger partial charge in [0.1, 0.15) is 11.6 Å². The van der Waals surface area contributed by atoms with Crippen LogP contribution >= 0.6 is 0 Å². The molecule has 1 aromatic heterocycles. The molecule has 1 heterocycles. The molecule has 21 heavy (non-hydrogen) atoms. The molecule has 0 bridgehead atoms. The van der Waals surface area contributed by atoms with Crippen LogP contribution in [0.15, 0.2) is 36.4 Å². The van der Waals surface area contributed by atoms with E-state index >= 15 is 0 Å². The third-order valence-electron chi connectivity index (χ3n) is 3.29. The highest BCUT2D eigenvalue weighted by Crippen LogP contribution is 2.22. The number of rotatable bonds is 7. The maximum atomic E-state index is 9.02. The Bertz CT molecular complexity index is 559. The molecule has 0 aliphatic heterocycles. The van der Waals surface area contributed by atoms with Crippen LogP contribution in [0.1, 0.15) is 13.3 Å². The van der Waals surface area contributed by atoms with Gasteiger partial charge in [0, 0.05) is 38.4 Å². The summed E-state index contributed by atoms with van der Waals surface area (Å²) in [5.74, 6) is 2.38. The standard InChI is InChI=1S/C16H22N4O/c1-3-20(10-7-11-21)15-12-14(17-2)18-16(19-15)13-8-5-4-6-9-13/h4-6,8-9,12,21H,3,7,10-11H2,1-2H3,(H,17,18,19). The number of aliphatic hydroxyl groups is 1. The van der Waals surface area contributed by atoms with Crippen molar-refractivity contribution in [1.29, 1.82) is 0 Å². The van der Waals surface area contributed by atoms with Crippen molar-refractivity contribution in [3.8, 4) is 11.4 Å². The molecule has 2 N–H and O–H groups in total. The first-order valence-electron chi connectivity index (χ1n) is 7.26. The van der Waals surface area contributed by atoms with E-state index in [1.54, 1.807) is 0 Å². The molecule has 0 unspecified atom stereocenters. The van der Waals surface area contributed by atoms with E-state index in [1.165, 1.54) is 0 Å². The third kappa shape index (κ3) is 3.92. The second kappa shape index (κ2) is 7.59. The van der Waals surface area contributed by atoms with Crippen LogP contribution in [0.4, 0.5) is 11.6 Å². The molecule has 0 atom stereocenters. The maximum Gasteiger partial charge on any atom is 0.163 e. The third-order valence-corrected chi connectivity index (χ3v) is 3.29. The summed E-state index contributed by atoms with van der Waals surface area (Å²) in [5, 5.41) is 12.1. The lowest BCUT2D eigenvalue weighted by Gasteiger charge is -2.22. The van der Waals surface area contributed by atoms with Crippen LogP contribution < -0.4 is 10.2 Å². The summed E-state index contributed by atoms with van der Waals surface area (Å²) < 4.78 is 0. The monoisotopic (exact) mass is 286 g/mol. The van der Waals surface area contributed by atoms with Gasteiger partial charge in [-0.1, -0.05) is 30.3 Å². The van der Waals surface area contributed by atoms with Crippen molar-refractivity contribution in [3.63, 3.8) is 0 Å². The molecule has 2 rings (SSSR count). The zero-order chi connectivity index (χ0) is 15.1. The number of aromatic nitrogens is 2. The van der Waals surface area contributed by atoms with Crippen molar-refractivity contribution in [2.75, 3.05) is 37.0 Å². The molecule has 0 spiro atoms. The van der Waals surface area contributed by atoms with Gasteiger partial charge in [0.05, 0.1) is 0 Å². The minimum absolute atomic E-state index is 0.187. The zero-order valence-corrected chi connectivity index (χ0v) is 12.6. The van der Waals surface area contributed by atoms with Gasteiger partial charge in [-0.3, -0.25) is 0 Å². The van der Waals surface area contributed by atoms with Gasteiger partial charge in [-0.2, -0.15) is 0 Å². The molecule has 0 saturated carbocycles. The van der Waals surface area contributed by atoms with Gasteiger partial charge in [-0.05, 0) is 13.3 Å². The predicted octanol–water partition coefficient (Wildman–Crippen LogP) is 2.39. The van der Waals surface area contributed by atoms with Crippen LogP contribution in [-0.2, 0) is 0 Å². The van der Waals surface area contributed by atoms with E-state index in [-0.39, 0.29) is 6.61 Å². The van der Waals surface area contributed by atoms with Crippen LogP contribution in [0.2, 0.25) is 0 Å². The second-order valence-electron chi connectivity index (χ2n) is 4.71. The van der Waals surface area contributed by atoms with Crippen LogP contribution in [0.5, 0.6) is 0 Å². The zero-order valence-electron chi connectivity index (χ0n) is 12.6. The number of hydrogen-bond acceptors (Lipinski definition) is 5. The average molecular weight is 286 g/mol. The normalized spacial score (nSPS) is 10.4. The van der Waals surface area contributed by atoms with Gasteiger partial charge < -0.3 is 15.3 Å². The second-order valence-corrected chi connectivity index (χ2v) is 4.71. The first kappa shape index (κ1) is 15.3. The van der Waals surface area contributed by atoms with Gasteiger partial charge in [0.2, 0.25) is 0 Å². The Morgan fingerprint density at radius 3 is 2.57 bits per heavy atom. The van der Waals surface area contributed by atoms with Gasteiger partial charge in [0.25, 0.3) is 0 Å². The SMILES string of the molecule is CCN(CCCO)c1cc(NC)nc(-c2ccccc2)n1. The first-order chi connectivity index (χ1) is 10.3. The molecule has 0 aliphatic carbocycles. The number of benzene rings is 1. The van der Waals surface area contributed by atoms with E-state index in [4.69, 9.17) is 5.11 Å². The Morgan fingerprint density at radius 2 is 1.95 bits per heavy atom. The fourth-order valence-electron chi connectivity index (χ4n) is 2.14. The quantitative estimate of drug-likeness (QED) is 0.818. The summed E-state index contributed by atoms with van der Waals surface area (Å²) in [6, 6.07) is 11.9. The molecule has 1 aromatic carbocycles. The average Bonchev–Trinajstić information content (AvgIpc) is 2.56. The molecule has 5 nitrogen and oxygen atoms in total. The topological polar surface area (TPSA) is 61.3 Å². The van der Waals surface area contributed by atoms with Crippen molar-refractivity contribution < 1.29 is 5.11 Å². The summed E-state index contributed by atoms with van der Waals surface area (Å²) in [6.45, 7) is 3.89. The van der Waals surface area contributed by atoms with Crippen molar-refractivity contribution in [1.82, 2.24) is 9.97 Å². The minimum Gasteiger partial charge on any atom is -0.396 e. The van der Waals surface area contributed by atoms with Crippen LogP contribution in [0.25, 0.3) is 11.4 Å². The predicted molar refractivity (Wildman–Crippen MR) is 86.6 cm³/mol. The lowest BCUT2D eigenvalue weighted by molar-refractivity contribution is 0.289. The molecule has 0 saturated heterocycles. The summed E-state index contributed by atoms with van der Waals surface area (Å²) in [6.07, 6.45) is 0.730. The summed E-state index contributed by atoms with van der Waals surface area (Å²) in [7, 11) is 1.85. The minimum atomic E-state index is 0.187. The molecule has 0 radical (unpaired) electrons. The first-order valence-corrected chi connectivity index (χ1v) is 7.26. The Labute approximate surface area is 125 Å². The van der Waals surface area contributed by atoms with Crippen molar-refractivity contribution >= 4 is 11.6 Å². The lowest BCUT2D eigenvalue weighted by Crippen LogP contribution is -2.26. The highest BCUT2D eigenvalue weighted by Gasteiger charge is 2.11. The molecular weight excluding hydrogens is 264 g/mol. The smallest absolute Gasteiger partial charge is 0.163 e. The Morgan fingerprint density at radius 1 is 1.19 bits per heavy atom. The molecular formula is C16H22N4O. The number of nitrogens with zero attached hydrogens (tertiary/aromatic N) is 3. The van der Waals surface area contributed by atoms with Crippen molar-refractivity contribution in [2.45, 2.75) is 13.3 Å². The van der Waals surface area contributed by atoms with Crippen molar-refractivity contribution in [3.05, 3.63) is 36.4 Å².